The van der Waals surface area contributed by atoms with Crippen LogP contribution in [-0.2, 0) is 16.5 Å². The standard InChI is InChI=1S/C33H49P.ClH.Pd/c1-23(2)26-21-30(24(3)4)33(31(22-26)25(5)6)29-19-13-14-20-32(29)34(27-15-9-7-10-16-27)28-17-11-8-12-18-28;;/h13-14,19-25,27-28H,7-12,15-18H2,1-6H3;1H;. The molecule has 204 valence electrons. The molecule has 0 aliphatic heterocycles. The molecule has 2 saturated carbocycles. The third-order valence-electron chi connectivity index (χ3n) is 9.17. The maximum atomic E-state index is 7.37. The molecule has 0 unspecified atom stereocenters. The van der Waals surface area contributed by atoms with Gasteiger partial charge in [-0.15, -0.1) is 0 Å². The normalized spacial score (nSPS) is 19.1. The number of hydrogen-bond donors (Lipinski definition) is 0. The maximum absolute atomic E-state index is 7.37. The number of rotatable bonds is 8. The van der Waals surface area contributed by atoms with Gasteiger partial charge in [0.15, 0.2) is 0 Å². The van der Waals surface area contributed by atoms with Crippen LogP contribution in [0, 0.1) is 0 Å². The molecule has 0 radical (unpaired) electrons. The van der Waals surface area contributed by atoms with Crippen molar-refractivity contribution in [2.24, 2.45) is 0 Å². The van der Waals surface area contributed by atoms with Crippen molar-refractivity contribution in [3.63, 3.8) is 0 Å². The van der Waals surface area contributed by atoms with Crippen molar-refractivity contribution in [2.75, 3.05) is 0 Å². The fraction of sp³-hybridized carbons (Fsp3) is 0.636. The van der Waals surface area contributed by atoms with E-state index in [9.17, 15) is 0 Å². The Labute approximate surface area is 234 Å². The van der Waals surface area contributed by atoms with Gasteiger partial charge < -0.3 is 0 Å². The summed E-state index contributed by atoms with van der Waals surface area (Å²) >= 11 is 0.336. The van der Waals surface area contributed by atoms with Gasteiger partial charge in [0.05, 0.1) is 0 Å². The van der Waals surface area contributed by atoms with E-state index in [-0.39, 0.29) is 0 Å². The summed E-state index contributed by atoms with van der Waals surface area (Å²) in [5, 5.41) is 1.73. The quantitative estimate of drug-likeness (QED) is 0.204. The molecule has 0 spiro atoms. The van der Waals surface area contributed by atoms with Crippen LogP contribution in [0.5, 0.6) is 0 Å². The topological polar surface area (TPSA) is 0 Å². The summed E-state index contributed by atoms with van der Waals surface area (Å²) in [4.78, 5) is 0. The van der Waals surface area contributed by atoms with Gasteiger partial charge in [-0.1, -0.05) is 0 Å². The van der Waals surface area contributed by atoms with E-state index in [1.807, 2.05) is 0 Å². The first-order valence-corrected chi connectivity index (χ1v) is 21.1. The second kappa shape index (κ2) is 12.8. The Balaban J connectivity index is 2.01. The summed E-state index contributed by atoms with van der Waals surface area (Å²) in [6, 6.07) is 14.8. The molecule has 2 aromatic carbocycles. The molecule has 0 atom stereocenters. The van der Waals surface area contributed by atoms with Gasteiger partial charge in [-0.2, -0.15) is 0 Å². The average Bonchev–Trinajstić information content (AvgIpc) is 2.90. The van der Waals surface area contributed by atoms with Crippen molar-refractivity contribution >= 4 is 20.3 Å². The fourth-order valence-corrected chi connectivity index (χ4v) is 22.6. The summed E-state index contributed by atoms with van der Waals surface area (Å²) in [5.41, 5.74) is 7.53. The van der Waals surface area contributed by atoms with E-state index in [4.69, 9.17) is 9.53 Å². The Morgan fingerprint density at radius 1 is 0.694 bits per heavy atom. The van der Waals surface area contributed by atoms with Gasteiger partial charge in [-0.3, -0.25) is 0 Å². The van der Waals surface area contributed by atoms with Gasteiger partial charge in [0.25, 0.3) is 0 Å². The molecule has 2 aliphatic carbocycles. The molecule has 2 aromatic rings. The summed E-state index contributed by atoms with van der Waals surface area (Å²) in [5.74, 6) is 1.56. The first-order valence-electron chi connectivity index (χ1n) is 14.8. The van der Waals surface area contributed by atoms with Crippen LogP contribution in [0.3, 0.4) is 0 Å². The van der Waals surface area contributed by atoms with E-state index in [1.165, 1.54) is 69.8 Å². The Kier molecular flexibility index (Phi) is 10.2. The van der Waals surface area contributed by atoms with Gasteiger partial charge in [0.1, 0.15) is 0 Å². The fourth-order valence-electron chi connectivity index (χ4n) is 7.20. The summed E-state index contributed by atoms with van der Waals surface area (Å²) in [6.07, 6.45) is 14.2. The van der Waals surface area contributed by atoms with E-state index in [2.05, 4.69) is 77.9 Å². The van der Waals surface area contributed by atoms with E-state index >= 15 is 0 Å². The number of hydrogen-bond acceptors (Lipinski definition) is 0. The molecule has 0 bridgehead atoms. The second-order valence-corrected chi connectivity index (χ2v) is 23.1. The molecule has 2 fully saturated rings. The molecular weight excluding hydrogens is 569 g/mol. The first kappa shape index (κ1) is 28.8. The van der Waals surface area contributed by atoms with Crippen LogP contribution in [0.1, 0.15) is 140 Å². The van der Waals surface area contributed by atoms with Crippen molar-refractivity contribution in [1.29, 1.82) is 0 Å². The molecule has 0 heterocycles. The Morgan fingerprint density at radius 3 is 1.58 bits per heavy atom. The SMILES string of the molecule is CC(C)c1cc(C(C)C)c(-c2ccccc2[PH]([Pd][Cl])(C2CCCCC2)C2CCCCC2)c(C(C)C)c1. The van der Waals surface area contributed by atoms with Crippen molar-refractivity contribution in [2.45, 2.75) is 135 Å². The summed E-state index contributed by atoms with van der Waals surface area (Å²) in [7, 11) is 7.37. The number of benzene rings is 2. The van der Waals surface area contributed by atoms with Crippen molar-refractivity contribution in [1.82, 2.24) is 0 Å². The predicted octanol–water partition coefficient (Wildman–Crippen LogP) is 10.9. The van der Waals surface area contributed by atoms with Crippen LogP contribution >= 0.6 is 15.0 Å². The van der Waals surface area contributed by atoms with Gasteiger partial charge >= 0.3 is 236 Å². The van der Waals surface area contributed by atoms with E-state index in [0.29, 0.717) is 34.2 Å². The van der Waals surface area contributed by atoms with E-state index < -0.39 is 5.45 Å². The second-order valence-electron chi connectivity index (χ2n) is 12.5. The van der Waals surface area contributed by atoms with E-state index in [1.54, 1.807) is 27.6 Å². The van der Waals surface area contributed by atoms with Crippen LogP contribution in [0.4, 0.5) is 0 Å². The monoisotopic (exact) mass is 618 g/mol. The summed E-state index contributed by atoms with van der Waals surface area (Å²) < 4.78 is 0. The number of halogens is 1. The van der Waals surface area contributed by atoms with Crippen LogP contribution in [0.15, 0.2) is 36.4 Å². The molecule has 0 amide bonds. The zero-order chi connectivity index (χ0) is 25.9. The molecule has 0 aromatic heterocycles. The zero-order valence-electron chi connectivity index (χ0n) is 23.6. The molecular formula is C33H50ClPPd. The van der Waals surface area contributed by atoms with Gasteiger partial charge in [-0.05, 0) is 0 Å². The van der Waals surface area contributed by atoms with Crippen LogP contribution in [0.2, 0.25) is 0 Å². The minimum absolute atomic E-state index is 0.336. The molecule has 0 N–H and O–H groups in total. The van der Waals surface area contributed by atoms with Crippen LogP contribution in [0.25, 0.3) is 11.1 Å². The van der Waals surface area contributed by atoms with E-state index in [0.717, 1.165) is 11.3 Å². The summed E-state index contributed by atoms with van der Waals surface area (Å²) in [6.45, 7) is 14.3. The van der Waals surface area contributed by atoms with Crippen molar-refractivity contribution in [3.8, 4) is 11.1 Å². The Hall–Kier alpha value is -0.178. The molecule has 0 nitrogen and oxygen atoms in total. The van der Waals surface area contributed by atoms with Crippen LogP contribution < -0.4 is 5.30 Å². The zero-order valence-corrected chi connectivity index (χ0v) is 26.9. The van der Waals surface area contributed by atoms with Crippen molar-refractivity contribution in [3.05, 3.63) is 53.1 Å². The molecule has 3 heteroatoms. The minimum atomic E-state index is -1.91. The van der Waals surface area contributed by atoms with Crippen LogP contribution in [-0.4, -0.2) is 11.3 Å². The Bertz CT molecular complexity index is 951. The molecule has 36 heavy (non-hydrogen) atoms. The third-order valence-corrected chi connectivity index (χ3v) is 24.1. The molecule has 2 aliphatic rings. The van der Waals surface area contributed by atoms with Gasteiger partial charge in [0, 0.05) is 0 Å². The molecule has 4 rings (SSSR count). The predicted molar refractivity (Wildman–Crippen MR) is 162 cm³/mol. The van der Waals surface area contributed by atoms with Crippen molar-refractivity contribution < 1.29 is 16.5 Å². The van der Waals surface area contributed by atoms with Gasteiger partial charge in [-0.25, -0.2) is 0 Å². The third kappa shape index (κ3) is 5.72. The average molecular weight is 620 g/mol. The first-order chi connectivity index (χ1) is 17.3. The van der Waals surface area contributed by atoms with Gasteiger partial charge in [0.2, 0.25) is 0 Å². The molecule has 0 saturated heterocycles. The Morgan fingerprint density at radius 2 is 1.17 bits per heavy atom.